The molecule has 2 bridgehead atoms. The molecule has 0 spiro atoms. The van der Waals surface area contributed by atoms with Gasteiger partial charge in [-0.1, -0.05) is 0 Å². The summed E-state index contributed by atoms with van der Waals surface area (Å²) in [7, 11) is 0. The molecule has 4 nitrogen and oxygen atoms in total. The highest BCUT2D eigenvalue weighted by molar-refractivity contribution is 5.79. The summed E-state index contributed by atoms with van der Waals surface area (Å²) >= 11 is 0. The zero-order chi connectivity index (χ0) is 13.2. The summed E-state index contributed by atoms with van der Waals surface area (Å²) < 4.78 is 23.6. The molecule has 2 aliphatic rings. The summed E-state index contributed by atoms with van der Waals surface area (Å²) in [5, 5.41) is 0. The van der Waals surface area contributed by atoms with Crippen molar-refractivity contribution in [3.8, 4) is 5.75 Å². The van der Waals surface area contributed by atoms with Crippen molar-refractivity contribution in [2.24, 2.45) is 0 Å². The van der Waals surface area contributed by atoms with Crippen LogP contribution in [0.25, 0.3) is 0 Å². The fourth-order valence-corrected chi connectivity index (χ4v) is 2.79. The molecule has 0 aromatic heterocycles. The molecule has 2 saturated heterocycles. The van der Waals surface area contributed by atoms with Crippen LogP contribution in [0.3, 0.4) is 0 Å². The van der Waals surface area contributed by atoms with Crippen LogP contribution in [0.4, 0.5) is 4.39 Å². The summed E-state index contributed by atoms with van der Waals surface area (Å²) in [6, 6.07) is 6.08. The average molecular weight is 265 g/mol. The lowest BCUT2D eigenvalue weighted by Gasteiger charge is -2.34. The van der Waals surface area contributed by atoms with Gasteiger partial charge in [0.05, 0.1) is 25.3 Å². The number of morpholine rings is 1. The number of fused-ring (bicyclic) bond motifs is 2. The quantitative estimate of drug-likeness (QED) is 0.833. The Hall–Kier alpha value is -1.62. The molecule has 0 saturated carbocycles. The first-order chi connectivity index (χ1) is 9.24. The van der Waals surface area contributed by atoms with E-state index in [1.165, 1.54) is 24.3 Å². The Labute approximate surface area is 111 Å². The third-order valence-corrected chi connectivity index (χ3v) is 3.70. The Balaban J connectivity index is 1.58. The molecular weight excluding hydrogens is 249 g/mol. The molecule has 19 heavy (non-hydrogen) atoms. The number of ether oxygens (including phenoxy) is 2. The van der Waals surface area contributed by atoms with Crippen molar-refractivity contribution in [2.45, 2.75) is 24.9 Å². The van der Waals surface area contributed by atoms with E-state index in [9.17, 15) is 9.18 Å². The van der Waals surface area contributed by atoms with Crippen molar-refractivity contribution in [1.82, 2.24) is 4.90 Å². The monoisotopic (exact) mass is 265 g/mol. The Morgan fingerprint density at radius 1 is 1.26 bits per heavy atom. The number of hydrogen-bond acceptors (Lipinski definition) is 3. The Morgan fingerprint density at radius 2 is 1.89 bits per heavy atom. The predicted octanol–water partition coefficient (Wildman–Crippen LogP) is 1.59. The predicted molar refractivity (Wildman–Crippen MR) is 66.4 cm³/mol. The largest absolute Gasteiger partial charge is 0.484 e. The normalized spacial score (nSPS) is 25.4. The van der Waals surface area contributed by atoms with Crippen molar-refractivity contribution in [3.05, 3.63) is 30.1 Å². The number of halogens is 1. The number of carbonyl (C=O) groups is 1. The van der Waals surface area contributed by atoms with Gasteiger partial charge in [-0.25, -0.2) is 4.39 Å². The topological polar surface area (TPSA) is 38.8 Å². The van der Waals surface area contributed by atoms with Crippen molar-refractivity contribution in [1.29, 1.82) is 0 Å². The highest BCUT2D eigenvalue weighted by atomic mass is 19.1. The minimum atomic E-state index is -0.315. The van der Waals surface area contributed by atoms with Gasteiger partial charge in [-0.2, -0.15) is 0 Å². The molecule has 2 fully saturated rings. The minimum Gasteiger partial charge on any atom is -0.484 e. The van der Waals surface area contributed by atoms with Crippen LogP contribution in [-0.2, 0) is 9.53 Å². The molecule has 2 aliphatic heterocycles. The summed E-state index contributed by atoms with van der Waals surface area (Å²) in [6.07, 6.45) is 2.01. The van der Waals surface area contributed by atoms with Crippen LogP contribution in [0.1, 0.15) is 12.8 Å². The molecule has 1 aromatic carbocycles. The van der Waals surface area contributed by atoms with Crippen LogP contribution in [-0.4, -0.2) is 42.7 Å². The molecule has 0 aliphatic carbocycles. The summed E-state index contributed by atoms with van der Waals surface area (Å²) in [6.45, 7) is 1.25. The fourth-order valence-electron chi connectivity index (χ4n) is 2.79. The Bertz CT molecular complexity index is 446. The SMILES string of the molecule is O=C(COc1ccc(F)cc1)N1[C@@H]2CC[C@H]1COC2. The van der Waals surface area contributed by atoms with E-state index in [-0.39, 0.29) is 30.4 Å². The highest BCUT2D eigenvalue weighted by Crippen LogP contribution is 2.28. The first-order valence-corrected chi connectivity index (χ1v) is 6.51. The lowest BCUT2D eigenvalue weighted by atomic mass is 10.2. The summed E-state index contributed by atoms with van der Waals surface area (Å²) in [5.41, 5.74) is 0. The minimum absolute atomic E-state index is 0.00136. The van der Waals surface area contributed by atoms with Gasteiger partial charge in [0.1, 0.15) is 11.6 Å². The van der Waals surface area contributed by atoms with Gasteiger partial charge in [-0.05, 0) is 37.1 Å². The maximum atomic E-state index is 12.7. The van der Waals surface area contributed by atoms with Crippen molar-refractivity contribution in [2.75, 3.05) is 19.8 Å². The van der Waals surface area contributed by atoms with Crippen LogP contribution in [0, 0.1) is 5.82 Å². The zero-order valence-corrected chi connectivity index (χ0v) is 10.5. The van der Waals surface area contributed by atoms with Gasteiger partial charge in [0, 0.05) is 0 Å². The second-order valence-corrected chi connectivity index (χ2v) is 4.97. The van der Waals surface area contributed by atoms with E-state index in [0.29, 0.717) is 19.0 Å². The number of rotatable bonds is 3. The molecule has 1 amide bonds. The van der Waals surface area contributed by atoms with E-state index >= 15 is 0 Å². The van der Waals surface area contributed by atoms with Gasteiger partial charge >= 0.3 is 0 Å². The number of nitrogens with zero attached hydrogens (tertiary/aromatic N) is 1. The molecule has 2 heterocycles. The van der Waals surface area contributed by atoms with E-state index in [2.05, 4.69) is 0 Å². The molecule has 3 rings (SSSR count). The molecule has 0 unspecified atom stereocenters. The standard InChI is InChI=1S/C14H16FNO3/c15-10-1-5-13(6-2-10)19-9-14(17)16-11-3-4-12(16)8-18-7-11/h1-2,5-6,11-12H,3-4,7-9H2/t11-,12+. The lowest BCUT2D eigenvalue weighted by Crippen LogP contribution is -2.50. The first-order valence-electron chi connectivity index (χ1n) is 6.51. The van der Waals surface area contributed by atoms with E-state index in [0.717, 1.165) is 12.8 Å². The van der Waals surface area contributed by atoms with Gasteiger partial charge in [-0.3, -0.25) is 4.79 Å². The van der Waals surface area contributed by atoms with Gasteiger partial charge in [0.25, 0.3) is 5.91 Å². The lowest BCUT2D eigenvalue weighted by molar-refractivity contribution is -0.143. The Morgan fingerprint density at radius 3 is 2.53 bits per heavy atom. The van der Waals surface area contributed by atoms with E-state index in [1.807, 2.05) is 4.90 Å². The van der Waals surface area contributed by atoms with Crippen molar-refractivity contribution < 1.29 is 18.7 Å². The molecule has 0 N–H and O–H groups in total. The fraction of sp³-hybridized carbons (Fsp3) is 0.500. The number of hydrogen-bond donors (Lipinski definition) is 0. The van der Waals surface area contributed by atoms with Gasteiger partial charge in [0.2, 0.25) is 0 Å². The smallest absolute Gasteiger partial charge is 0.261 e. The van der Waals surface area contributed by atoms with Crippen molar-refractivity contribution >= 4 is 5.91 Å². The third kappa shape index (κ3) is 2.56. The Kier molecular flexibility index (Phi) is 3.38. The molecular formula is C14H16FNO3. The van der Waals surface area contributed by atoms with Crippen LogP contribution < -0.4 is 4.74 Å². The van der Waals surface area contributed by atoms with Gasteiger partial charge in [-0.15, -0.1) is 0 Å². The second-order valence-electron chi connectivity index (χ2n) is 4.97. The number of carbonyl (C=O) groups excluding carboxylic acids is 1. The van der Waals surface area contributed by atoms with E-state index in [1.54, 1.807) is 0 Å². The number of benzene rings is 1. The number of amides is 1. The van der Waals surface area contributed by atoms with Gasteiger partial charge < -0.3 is 14.4 Å². The molecule has 102 valence electrons. The maximum absolute atomic E-state index is 12.7. The zero-order valence-electron chi connectivity index (χ0n) is 10.5. The van der Waals surface area contributed by atoms with E-state index in [4.69, 9.17) is 9.47 Å². The van der Waals surface area contributed by atoms with Crippen LogP contribution in [0.5, 0.6) is 5.75 Å². The van der Waals surface area contributed by atoms with Crippen molar-refractivity contribution in [3.63, 3.8) is 0 Å². The summed E-state index contributed by atoms with van der Waals surface area (Å²) in [4.78, 5) is 14.1. The molecule has 1 aromatic rings. The second kappa shape index (κ2) is 5.17. The van der Waals surface area contributed by atoms with Crippen LogP contribution in [0.2, 0.25) is 0 Å². The molecule has 0 radical (unpaired) electrons. The summed E-state index contributed by atoms with van der Waals surface area (Å²) in [5.74, 6) is 0.181. The average Bonchev–Trinajstić information content (AvgIpc) is 2.67. The molecule has 2 atom stereocenters. The molecule has 5 heteroatoms. The van der Waals surface area contributed by atoms with E-state index < -0.39 is 0 Å². The van der Waals surface area contributed by atoms with Gasteiger partial charge in [0.15, 0.2) is 6.61 Å². The third-order valence-electron chi connectivity index (χ3n) is 3.70. The van der Waals surface area contributed by atoms with Crippen LogP contribution >= 0.6 is 0 Å². The first kappa shape index (κ1) is 12.4. The maximum Gasteiger partial charge on any atom is 0.261 e. The van der Waals surface area contributed by atoms with Crippen LogP contribution in [0.15, 0.2) is 24.3 Å². The highest BCUT2D eigenvalue weighted by Gasteiger charge is 2.40.